The minimum absolute atomic E-state index is 0.0134. The van der Waals surface area contributed by atoms with Crippen LogP contribution < -0.4 is 5.32 Å². The van der Waals surface area contributed by atoms with Crippen molar-refractivity contribution in [3.05, 3.63) is 29.8 Å². The summed E-state index contributed by atoms with van der Waals surface area (Å²) in [5, 5.41) is 3.04. The van der Waals surface area contributed by atoms with Crippen LogP contribution in [0.4, 0.5) is 0 Å². The first kappa shape index (κ1) is 22.2. The van der Waals surface area contributed by atoms with Crippen molar-refractivity contribution >= 4 is 15.9 Å². The van der Waals surface area contributed by atoms with E-state index in [1.54, 1.807) is 12.1 Å². The van der Waals surface area contributed by atoms with Gasteiger partial charge in [-0.05, 0) is 64.6 Å². The normalized spacial score (nSPS) is 24.3. The molecule has 29 heavy (non-hydrogen) atoms. The van der Waals surface area contributed by atoms with E-state index < -0.39 is 10.0 Å². The van der Waals surface area contributed by atoms with Crippen LogP contribution in [0.2, 0.25) is 0 Å². The van der Waals surface area contributed by atoms with Crippen LogP contribution in [0.3, 0.4) is 0 Å². The Morgan fingerprint density at radius 3 is 2.59 bits per heavy atom. The van der Waals surface area contributed by atoms with Crippen molar-refractivity contribution in [1.29, 1.82) is 0 Å². The van der Waals surface area contributed by atoms with Crippen LogP contribution in [0.5, 0.6) is 0 Å². The molecule has 2 atom stereocenters. The molecule has 2 saturated heterocycles. The molecule has 1 N–H and O–H groups in total. The third kappa shape index (κ3) is 5.80. The summed E-state index contributed by atoms with van der Waals surface area (Å²) in [5.74, 6) is -0.279. The van der Waals surface area contributed by atoms with Crippen LogP contribution in [-0.2, 0) is 14.8 Å². The van der Waals surface area contributed by atoms with Crippen LogP contribution in [-0.4, -0.2) is 62.3 Å². The summed E-state index contributed by atoms with van der Waals surface area (Å²) in [6, 6.07) is 7.55. The molecule has 1 aromatic rings. The van der Waals surface area contributed by atoms with E-state index in [1.807, 2.05) is 19.1 Å². The maximum absolute atomic E-state index is 12.9. The fourth-order valence-corrected chi connectivity index (χ4v) is 5.89. The Kier molecular flexibility index (Phi) is 7.71. The van der Waals surface area contributed by atoms with Gasteiger partial charge in [0.1, 0.15) is 0 Å². The predicted molar refractivity (Wildman–Crippen MR) is 115 cm³/mol. The molecule has 0 saturated carbocycles. The van der Waals surface area contributed by atoms with Gasteiger partial charge in [0.2, 0.25) is 15.9 Å². The van der Waals surface area contributed by atoms with E-state index in [-0.39, 0.29) is 18.4 Å². The molecule has 0 unspecified atom stereocenters. The maximum atomic E-state index is 12.9. The van der Waals surface area contributed by atoms with Gasteiger partial charge in [0.25, 0.3) is 0 Å². The van der Waals surface area contributed by atoms with Gasteiger partial charge in [0, 0.05) is 32.2 Å². The largest absolute Gasteiger partial charge is 0.356 e. The summed E-state index contributed by atoms with van der Waals surface area (Å²) in [6.07, 6.45) is 6.25. The van der Waals surface area contributed by atoms with E-state index in [0.717, 1.165) is 31.5 Å². The van der Waals surface area contributed by atoms with Crippen LogP contribution in [0.1, 0.15) is 51.0 Å². The Hall–Kier alpha value is -1.44. The molecule has 2 fully saturated rings. The number of carbonyl (C=O) groups excluding carboxylic acids is 1. The maximum Gasteiger partial charge on any atom is 0.243 e. The number of aryl methyl sites for hydroxylation is 1. The smallest absolute Gasteiger partial charge is 0.243 e. The van der Waals surface area contributed by atoms with E-state index in [9.17, 15) is 13.2 Å². The van der Waals surface area contributed by atoms with Crippen LogP contribution in [0, 0.1) is 12.8 Å². The van der Waals surface area contributed by atoms with E-state index in [4.69, 9.17) is 0 Å². The zero-order valence-electron chi connectivity index (χ0n) is 17.8. The lowest BCUT2D eigenvalue weighted by Crippen LogP contribution is -2.46. The monoisotopic (exact) mass is 421 g/mol. The second-order valence-electron chi connectivity index (χ2n) is 8.54. The van der Waals surface area contributed by atoms with E-state index in [2.05, 4.69) is 17.1 Å². The van der Waals surface area contributed by atoms with Crippen molar-refractivity contribution in [1.82, 2.24) is 14.5 Å². The number of nitrogens with zero attached hydrogens (tertiary/aromatic N) is 2. The van der Waals surface area contributed by atoms with E-state index in [1.165, 1.54) is 23.6 Å². The standard InChI is InChI=1S/C22H35N3O3S/c1-18-9-11-21(12-10-18)29(27,28)25-16-5-8-20(17-25)22(26)23-13-6-15-24-14-4-3-7-19(24)2/h9-12,19-20H,3-8,13-17H2,1-2H3,(H,23,26)/t19-,20+/m0/s1. The Balaban J connectivity index is 1.48. The average molecular weight is 422 g/mol. The van der Waals surface area contributed by atoms with Gasteiger partial charge in [-0.3, -0.25) is 4.79 Å². The highest BCUT2D eigenvalue weighted by atomic mass is 32.2. The van der Waals surface area contributed by atoms with Gasteiger partial charge >= 0.3 is 0 Å². The average Bonchev–Trinajstić information content (AvgIpc) is 2.72. The second kappa shape index (κ2) is 10.0. The molecule has 2 heterocycles. The quantitative estimate of drug-likeness (QED) is 0.688. The topological polar surface area (TPSA) is 69.7 Å². The summed E-state index contributed by atoms with van der Waals surface area (Å²) in [5.41, 5.74) is 1.03. The van der Waals surface area contributed by atoms with E-state index in [0.29, 0.717) is 30.4 Å². The zero-order chi connectivity index (χ0) is 20.9. The Bertz CT molecular complexity index is 779. The molecular weight excluding hydrogens is 386 g/mol. The molecule has 1 amide bonds. The molecular formula is C22H35N3O3S. The summed E-state index contributed by atoms with van der Waals surface area (Å²) >= 11 is 0. The van der Waals surface area contributed by atoms with Gasteiger partial charge in [-0.2, -0.15) is 4.31 Å². The Morgan fingerprint density at radius 2 is 1.86 bits per heavy atom. The molecule has 0 spiro atoms. The van der Waals surface area contributed by atoms with Crippen molar-refractivity contribution in [2.45, 2.75) is 63.3 Å². The Morgan fingerprint density at radius 1 is 1.10 bits per heavy atom. The molecule has 1 aromatic carbocycles. The number of piperidine rings is 2. The highest BCUT2D eigenvalue weighted by molar-refractivity contribution is 7.89. The first-order chi connectivity index (χ1) is 13.9. The van der Waals surface area contributed by atoms with Crippen LogP contribution >= 0.6 is 0 Å². The van der Waals surface area contributed by atoms with Crippen LogP contribution in [0.15, 0.2) is 29.2 Å². The van der Waals surface area contributed by atoms with Crippen molar-refractivity contribution in [3.8, 4) is 0 Å². The molecule has 6 nitrogen and oxygen atoms in total. The molecule has 7 heteroatoms. The van der Waals surface area contributed by atoms with Gasteiger partial charge in [-0.1, -0.05) is 24.1 Å². The third-order valence-electron chi connectivity index (χ3n) is 6.28. The second-order valence-corrected chi connectivity index (χ2v) is 10.5. The van der Waals surface area contributed by atoms with E-state index >= 15 is 0 Å². The first-order valence-corrected chi connectivity index (χ1v) is 12.4. The van der Waals surface area contributed by atoms with Crippen molar-refractivity contribution in [2.75, 3.05) is 32.7 Å². The summed E-state index contributed by atoms with van der Waals surface area (Å²) in [6.45, 7) is 7.79. The summed E-state index contributed by atoms with van der Waals surface area (Å²) in [7, 11) is -3.54. The molecule has 0 aromatic heterocycles. The van der Waals surface area contributed by atoms with Gasteiger partial charge in [-0.15, -0.1) is 0 Å². The van der Waals surface area contributed by atoms with Crippen molar-refractivity contribution in [2.24, 2.45) is 5.92 Å². The van der Waals surface area contributed by atoms with Crippen molar-refractivity contribution in [3.63, 3.8) is 0 Å². The lowest BCUT2D eigenvalue weighted by molar-refractivity contribution is -0.126. The lowest BCUT2D eigenvalue weighted by Gasteiger charge is -2.33. The number of nitrogens with one attached hydrogen (secondary N) is 1. The number of rotatable bonds is 7. The number of carbonyl (C=O) groups is 1. The highest BCUT2D eigenvalue weighted by Crippen LogP contribution is 2.24. The van der Waals surface area contributed by atoms with Gasteiger partial charge < -0.3 is 10.2 Å². The molecule has 0 radical (unpaired) electrons. The summed E-state index contributed by atoms with van der Waals surface area (Å²) < 4.78 is 27.3. The highest BCUT2D eigenvalue weighted by Gasteiger charge is 2.33. The fourth-order valence-electron chi connectivity index (χ4n) is 4.36. The fraction of sp³-hybridized carbons (Fsp3) is 0.682. The lowest BCUT2D eigenvalue weighted by atomic mass is 9.99. The van der Waals surface area contributed by atoms with Crippen LogP contribution in [0.25, 0.3) is 0 Å². The molecule has 162 valence electrons. The molecule has 2 aliphatic rings. The first-order valence-electron chi connectivity index (χ1n) is 11.0. The number of amides is 1. The predicted octanol–water partition coefficient (Wildman–Crippen LogP) is 2.78. The summed E-state index contributed by atoms with van der Waals surface area (Å²) in [4.78, 5) is 15.4. The number of likely N-dealkylation sites (tertiary alicyclic amines) is 1. The molecule has 2 aliphatic heterocycles. The van der Waals surface area contributed by atoms with Gasteiger partial charge in [0.15, 0.2) is 0 Å². The Labute approximate surface area is 175 Å². The molecule has 3 rings (SSSR count). The molecule has 0 aliphatic carbocycles. The van der Waals surface area contributed by atoms with Crippen molar-refractivity contribution < 1.29 is 13.2 Å². The molecule has 0 bridgehead atoms. The number of sulfonamides is 1. The number of benzene rings is 1. The zero-order valence-corrected chi connectivity index (χ0v) is 18.6. The SMILES string of the molecule is Cc1ccc(S(=O)(=O)N2CCC[C@@H](C(=O)NCCCN3CCCC[C@@H]3C)C2)cc1. The van der Waals surface area contributed by atoms with Gasteiger partial charge in [0.05, 0.1) is 10.8 Å². The number of hydrogen-bond donors (Lipinski definition) is 1. The van der Waals surface area contributed by atoms with Gasteiger partial charge in [-0.25, -0.2) is 8.42 Å². The third-order valence-corrected chi connectivity index (χ3v) is 8.15. The minimum Gasteiger partial charge on any atom is -0.356 e. The number of hydrogen-bond acceptors (Lipinski definition) is 4. The minimum atomic E-state index is -3.54.